The second-order valence-electron chi connectivity index (χ2n) is 10.7. The second kappa shape index (κ2) is 5.69. The van der Waals surface area contributed by atoms with Crippen LogP contribution in [-0.2, 0) is 37.6 Å². The number of hydrogen-bond acceptors (Lipinski definition) is 10. The molecule has 3 saturated heterocycles. The van der Waals surface area contributed by atoms with Crippen LogP contribution in [0.15, 0.2) is 11.1 Å². The quantitative estimate of drug-likeness (QED) is 0.233. The number of hydrogen-bond donors (Lipinski definition) is 0. The van der Waals surface area contributed by atoms with E-state index in [4.69, 9.17) is 23.7 Å². The molecule has 176 valence electrons. The van der Waals surface area contributed by atoms with Crippen LogP contribution < -0.4 is 9.79 Å². The van der Waals surface area contributed by atoms with E-state index in [-0.39, 0.29) is 41.5 Å². The number of cyclic esters (lactones) is 1. The Morgan fingerprint density at radius 3 is 2.72 bits per heavy atom. The standard InChI is InChI=1S/C21H27O10P/c1-9(2)19-14(30-19)15-21(31-15)18(3)5-4-10-11(7-26-16(10)22)12(18)6-13-20(21,29-13)17(19)27-8-28-32(23,24)25/h9,12-15,17H,4-8H2,1-3H3,(H2,23,24,25)/p-2/t12-,13-,14?,15?,17+,18-,19-,20?,21+/m0/s1. The number of ether oxygens (including phenoxy) is 5. The van der Waals surface area contributed by atoms with Gasteiger partial charge in [0.25, 0.3) is 0 Å². The van der Waals surface area contributed by atoms with E-state index >= 15 is 0 Å². The first-order valence-electron chi connectivity index (χ1n) is 11.2. The number of fused-ring (bicyclic) bond motifs is 4. The normalized spacial score (nSPS) is 54.1. The molecule has 9 atom stereocenters. The largest absolute Gasteiger partial charge is 0.790 e. The Hall–Kier alpha value is -0.840. The van der Waals surface area contributed by atoms with Crippen molar-refractivity contribution in [2.24, 2.45) is 17.3 Å². The Morgan fingerprint density at radius 1 is 1.22 bits per heavy atom. The minimum Gasteiger partial charge on any atom is -0.790 e. The Balaban J connectivity index is 1.30. The molecule has 3 aliphatic carbocycles. The van der Waals surface area contributed by atoms with Crippen molar-refractivity contribution in [1.29, 1.82) is 0 Å². The van der Waals surface area contributed by atoms with E-state index in [9.17, 15) is 19.1 Å². The van der Waals surface area contributed by atoms with E-state index in [0.717, 1.165) is 17.6 Å². The van der Waals surface area contributed by atoms with Crippen LogP contribution in [0.5, 0.6) is 0 Å². The molecule has 11 heteroatoms. The molecular formula is C21H25O10P-2. The van der Waals surface area contributed by atoms with Crippen molar-refractivity contribution in [2.45, 2.75) is 81.3 Å². The van der Waals surface area contributed by atoms with Gasteiger partial charge in [-0.25, -0.2) is 4.79 Å². The molecule has 7 rings (SSSR count). The lowest BCUT2D eigenvalue weighted by atomic mass is 9.46. The Labute approximate surface area is 184 Å². The van der Waals surface area contributed by atoms with Crippen LogP contribution in [0, 0.1) is 17.3 Å². The first-order chi connectivity index (χ1) is 15.0. The highest BCUT2D eigenvalue weighted by molar-refractivity contribution is 7.43. The van der Waals surface area contributed by atoms with E-state index < -0.39 is 37.5 Å². The first-order valence-corrected chi connectivity index (χ1v) is 12.7. The molecule has 3 unspecified atom stereocenters. The monoisotopic (exact) mass is 468 g/mol. The van der Waals surface area contributed by atoms with Crippen LogP contribution in [-0.4, -0.2) is 60.6 Å². The highest BCUT2D eigenvalue weighted by atomic mass is 31.2. The first kappa shape index (κ1) is 20.5. The summed E-state index contributed by atoms with van der Waals surface area (Å²) in [5.74, 6) is -0.0707. The number of phosphoric ester groups is 1. The van der Waals surface area contributed by atoms with Gasteiger partial charge >= 0.3 is 5.97 Å². The van der Waals surface area contributed by atoms with Crippen LogP contribution in [0.1, 0.15) is 40.0 Å². The van der Waals surface area contributed by atoms with Gasteiger partial charge < -0.3 is 42.6 Å². The summed E-state index contributed by atoms with van der Waals surface area (Å²) >= 11 is 0. The average Bonchev–Trinajstić information content (AvgIpc) is 3.59. The summed E-state index contributed by atoms with van der Waals surface area (Å²) < 4.78 is 46.1. The van der Waals surface area contributed by atoms with E-state index in [1.54, 1.807) is 0 Å². The third-order valence-corrected chi connectivity index (χ3v) is 9.93. The zero-order valence-corrected chi connectivity index (χ0v) is 18.9. The predicted molar refractivity (Wildman–Crippen MR) is 99.5 cm³/mol. The van der Waals surface area contributed by atoms with Crippen molar-refractivity contribution >= 4 is 13.8 Å². The summed E-state index contributed by atoms with van der Waals surface area (Å²) in [6.07, 6.45) is 0.891. The Kier molecular flexibility index (Phi) is 3.65. The Bertz CT molecular complexity index is 1020. The van der Waals surface area contributed by atoms with Gasteiger partial charge in [0, 0.05) is 11.0 Å². The molecule has 0 N–H and O–H groups in total. The topological polar surface area (TPSA) is 146 Å². The lowest BCUT2D eigenvalue weighted by Gasteiger charge is -2.54. The van der Waals surface area contributed by atoms with Crippen molar-refractivity contribution in [2.75, 3.05) is 13.4 Å². The minimum absolute atomic E-state index is 0.0530. The molecule has 4 heterocycles. The fourth-order valence-electron chi connectivity index (χ4n) is 8.08. The van der Waals surface area contributed by atoms with Crippen LogP contribution >= 0.6 is 7.82 Å². The molecule has 0 aromatic heterocycles. The van der Waals surface area contributed by atoms with Crippen molar-refractivity contribution in [3.63, 3.8) is 0 Å². The molecule has 2 spiro atoms. The van der Waals surface area contributed by atoms with Gasteiger partial charge in [-0.1, -0.05) is 20.8 Å². The van der Waals surface area contributed by atoms with Crippen LogP contribution in [0.3, 0.4) is 0 Å². The van der Waals surface area contributed by atoms with Gasteiger partial charge in [0.1, 0.15) is 36.1 Å². The zero-order chi connectivity index (χ0) is 22.5. The van der Waals surface area contributed by atoms with Crippen molar-refractivity contribution in [1.82, 2.24) is 0 Å². The van der Waals surface area contributed by atoms with E-state index in [0.29, 0.717) is 19.4 Å². The molecule has 5 fully saturated rings. The van der Waals surface area contributed by atoms with Gasteiger partial charge in [-0.15, -0.1) is 0 Å². The SMILES string of the molecule is CC(C)[C@]12OC1C1O[C@]13C1(O[C@H]1C[C@H]1C4=C(CC[C@@]13C)C(=O)OC4)[C@@H]2OCOP(=O)([O-])[O-]. The maximum atomic E-state index is 12.2. The number of epoxide rings is 3. The smallest absolute Gasteiger partial charge is 0.334 e. The minimum atomic E-state index is -5.18. The molecule has 0 bridgehead atoms. The van der Waals surface area contributed by atoms with Crippen LogP contribution in [0.25, 0.3) is 0 Å². The van der Waals surface area contributed by atoms with Gasteiger partial charge in [0.2, 0.25) is 0 Å². The molecule has 32 heavy (non-hydrogen) atoms. The molecule has 4 aliphatic heterocycles. The van der Waals surface area contributed by atoms with Crippen molar-refractivity contribution in [3.05, 3.63) is 11.1 Å². The van der Waals surface area contributed by atoms with Gasteiger partial charge in [-0.05, 0) is 36.7 Å². The summed E-state index contributed by atoms with van der Waals surface area (Å²) in [6.45, 7) is 5.89. The molecule has 0 amide bonds. The van der Waals surface area contributed by atoms with E-state index in [1.807, 2.05) is 13.8 Å². The highest BCUT2D eigenvalue weighted by Gasteiger charge is 3.00. The van der Waals surface area contributed by atoms with Crippen LogP contribution in [0.2, 0.25) is 0 Å². The number of rotatable bonds is 5. The maximum absolute atomic E-state index is 12.2. The van der Waals surface area contributed by atoms with Crippen LogP contribution in [0.4, 0.5) is 0 Å². The summed E-state index contributed by atoms with van der Waals surface area (Å²) in [7, 11) is -5.18. The summed E-state index contributed by atoms with van der Waals surface area (Å²) in [5.41, 5.74) is -0.615. The maximum Gasteiger partial charge on any atom is 0.334 e. The lowest BCUT2D eigenvalue weighted by Crippen LogP contribution is -2.69. The van der Waals surface area contributed by atoms with E-state index in [1.165, 1.54) is 0 Å². The van der Waals surface area contributed by atoms with Gasteiger partial charge in [-0.2, -0.15) is 0 Å². The van der Waals surface area contributed by atoms with Gasteiger partial charge in [0.05, 0.1) is 13.9 Å². The number of carbonyl (C=O) groups excluding carboxylic acids is 1. The second-order valence-corrected chi connectivity index (χ2v) is 11.9. The third-order valence-electron chi connectivity index (χ3n) is 9.51. The molecule has 0 aromatic rings. The third kappa shape index (κ3) is 2.05. The molecular weight excluding hydrogens is 443 g/mol. The Morgan fingerprint density at radius 2 is 2.00 bits per heavy atom. The summed E-state index contributed by atoms with van der Waals surface area (Å²) in [4.78, 5) is 34.3. The average molecular weight is 468 g/mol. The summed E-state index contributed by atoms with van der Waals surface area (Å²) in [5, 5.41) is 0. The van der Waals surface area contributed by atoms with Gasteiger partial charge in [-0.3, -0.25) is 0 Å². The van der Waals surface area contributed by atoms with Gasteiger partial charge in [0.15, 0.2) is 12.4 Å². The molecule has 0 radical (unpaired) electrons. The number of phosphoric acid groups is 1. The predicted octanol–water partition coefficient (Wildman–Crippen LogP) is -0.0698. The summed E-state index contributed by atoms with van der Waals surface area (Å²) in [6, 6.07) is 0. The van der Waals surface area contributed by atoms with Crippen molar-refractivity contribution < 1.29 is 47.4 Å². The molecule has 7 aliphatic rings. The number of carbonyl (C=O) groups is 1. The lowest BCUT2D eigenvalue weighted by molar-refractivity contribution is -0.348. The highest BCUT2D eigenvalue weighted by Crippen LogP contribution is 2.83. The molecule has 2 saturated carbocycles. The van der Waals surface area contributed by atoms with E-state index in [2.05, 4.69) is 11.4 Å². The molecule has 0 aromatic carbocycles. The fourth-order valence-corrected chi connectivity index (χ4v) is 8.27. The zero-order valence-electron chi connectivity index (χ0n) is 18.0. The van der Waals surface area contributed by atoms with Crippen molar-refractivity contribution in [3.8, 4) is 0 Å². The molecule has 10 nitrogen and oxygen atoms in total. The number of esters is 1. The fraction of sp³-hybridized carbons (Fsp3) is 0.857.